The number of nitrogens with zero attached hydrogens (tertiary/aromatic N) is 1. The Kier molecular flexibility index (Phi) is 4.15. The summed E-state index contributed by atoms with van der Waals surface area (Å²) in [4.78, 5) is 3.67. The molecular formula is C12H10BrF3N4. The molecule has 0 bridgehead atoms. The Labute approximate surface area is 121 Å². The highest BCUT2D eigenvalue weighted by atomic mass is 79.9. The predicted octanol–water partition coefficient (Wildman–Crippen LogP) is 3.60. The van der Waals surface area contributed by atoms with Crippen molar-refractivity contribution in [3.05, 3.63) is 45.7 Å². The van der Waals surface area contributed by atoms with Crippen molar-refractivity contribution in [2.45, 2.75) is 6.92 Å². The third-order valence-corrected chi connectivity index (χ3v) is 3.19. The number of halogens is 4. The average molecular weight is 347 g/mol. The highest BCUT2D eigenvalue weighted by Gasteiger charge is 2.13. The zero-order valence-electron chi connectivity index (χ0n) is 10.3. The van der Waals surface area contributed by atoms with Gasteiger partial charge in [-0.2, -0.15) is 0 Å². The molecule has 2 rings (SSSR count). The first-order valence-electron chi connectivity index (χ1n) is 5.47. The van der Waals surface area contributed by atoms with Gasteiger partial charge in [-0.15, -0.1) is 0 Å². The minimum Gasteiger partial charge on any atom is -0.337 e. The van der Waals surface area contributed by atoms with Crippen LogP contribution in [-0.4, -0.2) is 4.98 Å². The number of hydrazine groups is 1. The maximum Gasteiger partial charge on any atom is 0.178 e. The minimum absolute atomic E-state index is 0.213. The highest BCUT2D eigenvalue weighted by Crippen LogP contribution is 2.28. The first-order valence-corrected chi connectivity index (χ1v) is 6.27. The molecule has 1 aromatic heterocycles. The van der Waals surface area contributed by atoms with Gasteiger partial charge in [-0.3, -0.25) is 0 Å². The number of aromatic nitrogens is 1. The van der Waals surface area contributed by atoms with Crippen LogP contribution in [0, 0.1) is 24.4 Å². The topological polar surface area (TPSA) is 63.0 Å². The lowest BCUT2D eigenvalue weighted by atomic mass is 10.2. The molecule has 0 saturated heterocycles. The molecule has 0 radical (unpaired) electrons. The highest BCUT2D eigenvalue weighted by molar-refractivity contribution is 9.10. The predicted molar refractivity (Wildman–Crippen MR) is 74.1 cm³/mol. The average Bonchev–Trinajstić information content (AvgIpc) is 2.38. The summed E-state index contributed by atoms with van der Waals surface area (Å²) in [5, 5.41) is 2.67. The molecule has 0 aliphatic rings. The number of rotatable bonds is 3. The van der Waals surface area contributed by atoms with E-state index >= 15 is 0 Å². The van der Waals surface area contributed by atoms with Crippen LogP contribution in [0.25, 0.3) is 0 Å². The smallest absolute Gasteiger partial charge is 0.178 e. The number of anilines is 3. The van der Waals surface area contributed by atoms with E-state index in [1.807, 2.05) is 5.43 Å². The van der Waals surface area contributed by atoms with E-state index in [0.717, 1.165) is 0 Å². The van der Waals surface area contributed by atoms with E-state index in [0.29, 0.717) is 17.3 Å². The zero-order valence-corrected chi connectivity index (χ0v) is 11.9. The van der Waals surface area contributed by atoms with E-state index in [1.165, 1.54) is 12.1 Å². The third-order valence-electron chi connectivity index (χ3n) is 2.59. The van der Waals surface area contributed by atoms with Gasteiger partial charge in [0.15, 0.2) is 23.3 Å². The molecule has 20 heavy (non-hydrogen) atoms. The van der Waals surface area contributed by atoms with E-state index in [2.05, 4.69) is 26.2 Å². The number of pyridine rings is 1. The first kappa shape index (κ1) is 14.6. The Hall–Kier alpha value is -1.80. The lowest BCUT2D eigenvalue weighted by molar-refractivity contribution is 0.579. The number of aryl methyl sites for hydroxylation is 1. The summed E-state index contributed by atoms with van der Waals surface area (Å²) < 4.78 is 40.4. The Morgan fingerprint density at radius 3 is 2.35 bits per heavy atom. The van der Waals surface area contributed by atoms with Crippen molar-refractivity contribution in [3.63, 3.8) is 0 Å². The zero-order chi connectivity index (χ0) is 14.9. The second-order valence-electron chi connectivity index (χ2n) is 4.00. The molecule has 0 aliphatic carbocycles. The van der Waals surface area contributed by atoms with Gasteiger partial charge in [-0.05, 0) is 40.5 Å². The SMILES string of the molecule is Cc1cc(F)c(Br)cc1Nc1nc(NN)c(F)cc1F. The molecule has 4 N–H and O–H groups in total. The van der Waals surface area contributed by atoms with Crippen molar-refractivity contribution in [1.29, 1.82) is 0 Å². The van der Waals surface area contributed by atoms with Gasteiger partial charge in [-0.25, -0.2) is 24.0 Å². The van der Waals surface area contributed by atoms with Gasteiger partial charge >= 0.3 is 0 Å². The molecule has 0 unspecified atom stereocenters. The lowest BCUT2D eigenvalue weighted by Gasteiger charge is -2.12. The van der Waals surface area contributed by atoms with E-state index in [1.54, 1.807) is 6.92 Å². The molecule has 0 saturated carbocycles. The fraction of sp³-hybridized carbons (Fsp3) is 0.0833. The summed E-state index contributed by atoms with van der Waals surface area (Å²) in [6.07, 6.45) is 0. The summed E-state index contributed by atoms with van der Waals surface area (Å²) >= 11 is 3.03. The fourth-order valence-electron chi connectivity index (χ4n) is 1.56. The second-order valence-corrected chi connectivity index (χ2v) is 4.85. The van der Waals surface area contributed by atoms with Crippen molar-refractivity contribution in [3.8, 4) is 0 Å². The second kappa shape index (κ2) is 5.68. The Morgan fingerprint density at radius 2 is 1.70 bits per heavy atom. The number of nitrogen functional groups attached to an aromatic ring is 1. The summed E-state index contributed by atoms with van der Waals surface area (Å²) in [6.45, 7) is 1.64. The first-order chi connectivity index (χ1) is 9.42. The molecule has 2 aromatic rings. The molecule has 4 nitrogen and oxygen atoms in total. The summed E-state index contributed by atoms with van der Waals surface area (Å²) in [7, 11) is 0. The quantitative estimate of drug-likeness (QED) is 0.587. The van der Waals surface area contributed by atoms with Crippen molar-refractivity contribution >= 4 is 33.3 Å². The summed E-state index contributed by atoms with van der Waals surface area (Å²) in [5.41, 5.74) is 2.99. The van der Waals surface area contributed by atoms with E-state index in [4.69, 9.17) is 5.84 Å². The summed E-state index contributed by atoms with van der Waals surface area (Å²) in [6, 6.07) is 3.36. The van der Waals surface area contributed by atoms with Gasteiger partial charge in [0.25, 0.3) is 0 Å². The van der Waals surface area contributed by atoms with Crippen molar-refractivity contribution < 1.29 is 13.2 Å². The van der Waals surface area contributed by atoms with E-state index < -0.39 is 17.5 Å². The van der Waals surface area contributed by atoms with Crippen LogP contribution in [0.5, 0.6) is 0 Å². The Balaban J connectivity index is 2.42. The van der Waals surface area contributed by atoms with Crippen LogP contribution in [-0.2, 0) is 0 Å². The Bertz CT molecular complexity index is 664. The molecule has 0 spiro atoms. The normalized spacial score (nSPS) is 10.5. The molecule has 0 aliphatic heterocycles. The van der Waals surface area contributed by atoms with E-state index in [9.17, 15) is 13.2 Å². The molecular weight excluding hydrogens is 337 g/mol. The van der Waals surface area contributed by atoms with Crippen molar-refractivity contribution in [2.24, 2.45) is 5.84 Å². The van der Waals surface area contributed by atoms with Crippen LogP contribution >= 0.6 is 15.9 Å². The van der Waals surface area contributed by atoms with Gasteiger partial charge in [0, 0.05) is 11.8 Å². The number of hydrogen-bond acceptors (Lipinski definition) is 4. The number of benzene rings is 1. The van der Waals surface area contributed by atoms with Crippen LogP contribution in [0.1, 0.15) is 5.56 Å². The van der Waals surface area contributed by atoms with Crippen LogP contribution in [0.4, 0.5) is 30.5 Å². The Morgan fingerprint density at radius 1 is 1.05 bits per heavy atom. The van der Waals surface area contributed by atoms with Crippen LogP contribution in [0.15, 0.2) is 22.7 Å². The fourth-order valence-corrected chi connectivity index (χ4v) is 1.91. The van der Waals surface area contributed by atoms with Crippen LogP contribution in [0.3, 0.4) is 0 Å². The minimum atomic E-state index is -0.910. The standard InChI is InChI=1S/C12H10BrF3N4/c1-5-2-7(14)6(13)3-10(5)18-11-8(15)4-9(16)12(19-11)20-17/h2-4H,17H2,1H3,(H2,18,19,20). The summed E-state index contributed by atoms with van der Waals surface area (Å²) in [5.74, 6) is 2.32. The molecule has 1 aromatic carbocycles. The largest absolute Gasteiger partial charge is 0.337 e. The van der Waals surface area contributed by atoms with Gasteiger partial charge < -0.3 is 10.7 Å². The maximum atomic E-state index is 13.6. The molecule has 8 heteroatoms. The number of nitrogens with one attached hydrogen (secondary N) is 2. The van der Waals surface area contributed by atoms with Crippen molar-refractivity contribution in [2.75, 3.05) is 10.7 Å². The number of nitrogens with two attached hydrogens (primary N) is 1. The maximum absolute atomic E-state index is 13.6. The number of hydrogen-bond donors (Lipinski definition) is 3. The molecule has 106 valence electrons. The van der Waals surface area contributed by atoms with Gasteiger partial charge in [0.2, 0.25) is 0 Å². The van der Waals surface area contributed by atoms with Gasteiger partial charge in [0.05, 0.1) is 4.47 Å². The molecule has 0 amide bonds. The molecule has 1 heterocycles. The van der Waals surface area contributed by atoms with Crippen molar-refractivity contribution in [1.82, 2.24) is 4.98 Å². The monoisotopic (exact) mass is 346 g/mol. The van der Waals surface area contributed by atoms with Crippen LogP contribution in [0.2, 0.25) is 0 Å². The van der Waals surface area contributed by atoms with Gasteiger partial charge in [-0.1, -0.05) is 0 Å². The van der Waals surface area contributed by atoms with Crippen LogP contribution < -0.4 is 16.6 Å². The lowest BCUT2D eigenvalue weighted by Crippen LogP contribution is -2.12. The third kappa shape index (κ3) is 2.86. The molecule has 0 fully saturated rings. The van der Waals surface area contributed by atoms with Gasteiger partial charge in [0.1, 0.15) is 5.82 Å². The molecule has 0 atom stereocenters. The van der Waals surface area contributed by atoms with E-state index in [-0.39, 0.29) is 16.1 Å².